The number of benzene rings is 1. The SMILES string of the molecule is CC(CC(=O)N1CCC(C)(CN)C1)c1ccc(C(F)(F)F)cc1.Cl. The molecule has 0 aliphatic carbocycles. The van der Waals surface area contributed by atoms with Gasteiger partial charge in [-0.3, -0.25) is 4.79 Å². The van der Waals surface area contributed by atoms with Crippen LogP contribution in [0.5, 0.6) is 0 Å². The summed E-state index contributed by atoms with van der Waals surface area (Å²) in [7, 11) is 0. The van der Waals surface area contributed by atoms with Gasteiger partial charge in [-0.05, 0) is 42.0 Å². The fourth-order valence-electron chi connectivity index (χ4n) is 2.91. The van der Waals surface area contributed by atoms with Gasteiger partial charge in [-0.1, -0.05) is 26.0 Å². The van der Waals surface area contributed by atoms with E-state index in [4.69, 9.17) is 5.73 Å². The molecule has 0 aromatic heterocycles. The van der Waals surface area contributed by atoms with Crippen molar-refractivity contribution >= 4 is 18.3 Å². The van der Waals surface area contributed by atoms with Gasteiger partial charge >= 0.3 is 6.18 Å². The van der Waals surface area contributed by atoms with Gasteiger partial charge in [0.15, 0.2) is 0 Å². The Bertz CT molecular complexity index is 562. The number of carbonyl (C=O) groups is 1. The number of halogens is 4. The van der Waals surface area contributed by atoms with E-state index in [1.165, 1.54) is 12.1 Å². The van der Waals surface area contributed by atoms with Gasteiger partial charge in [0.2, 0.25) is 5.91 Å². The van der Waals surface area contributed by atoms with Crippen LogP contribution < -0.4 is 5.73 Å². The molecule has 0 saturated carbocycles. The van der Waals surface area contributed by atoms with Crippen molar-refractivity contribution in [3.63, 3.8) is 0 Å². The lowest BCUT2D eigenvalue weighted by atomic mass is 9.90. The van der Waals surface area contributed by atoms with Gasteiger partial charge in [-0.2, -0.15) is 13.2 Å². The molecule has 1 aromatic rings. The maximum absolute atomic E-state index is 12.6. The highest BCUT2D eigenvalue weighted by Gasteiger charge is 2.35. The van der Waals surface area contributed by atoms with Crippen LogP contribution >= 0.6 is 12.4 Å². The largest absolute Gasteiger partial charge is 0.416 e. The van der Waals surface area contributed by atoms with Crippen LogP contribution in [0, 0.1) is 5.41 Å². The molecule has 2 rings (SSSR count). The van der Waals surface area contributed by atoms with E-state index in [0.717, 1.165) is 24.1 Å². The molecule has 1 fully saturated rings. The van der Waals surface area contributed by atoms with Crippen molar-refractivity contribution in [1.82, 2.24) is 4.90 Å². The molecule has 2 N–H and O–H groups in total. The molecule has 0 radical (unpaired) electrons. The summed E-state index contributed by atoms with van der Waals surface area (Å²) in [5.74, 6) is -0.0795. The van der Waals surface area contributed by atoms with E-state index >= 15 is 0 Å². The Hall–Kier alpha value is -1.27. The third-order valence-electron chi connectivity index (χ3n) is 4.69. The van der Waals surface area contributed by atoms with Gasteiger partial charge in [0.05, 0.1) is 5.56 Å². The van der Waals surface area contributed by atoms with Crippen LogP contribution in [0.1, 0.15) is 43.7 Å². The molecule has 1 saturated heterocycles. The van der Waals surface area contributed by atoms with Crippen molar-refractivity contribution in [3.05, 3.63) is 35.4 Å². The van der Waals surface area contributed by atoms with Gasteiger partial charge in [0.25, 0.3) is 0 Å². The number of hydrogen-bond acceptors (Lipinski definition) is 2. The lowest BCUT2D eigenvalue weighted by Crippen LogP contribution is -2.34. The molecule has 2 unspecified atom stereocenters. The van der Waals surface area contributed by atoms with Crippen molar-refractivity contribution in [2.24, 2.45) is 11.1 Å². The molecule has 0 bridgehead atoms. The minimum atomic E-state index is -4.33. The van der Waals surface area contributed by atoms with Crippen LogP contribution in [-0.4, -0.2) is 30.4 Å². The Morgan fingerprint density at radius 3 is 2.38 bits per heavy atom. The summed E-state index contributed by atoms with van der Waals surface area (Å²) in [6.45, 7) is 5.83. The smallest absolute Gasteiger partial charge is 0.342 e. The second-order valence-corrected chi connectivity index (χ2v) is 6.81. The van der Waals surface area contributed by atoms with Crippen molar-refractivity contribution in [2.45, 2.75) is 38.8 Å². The van der Waals surface area contributed by atoms with Crippen LogP contribution in [0.4, 0.5) is 13.2 Å². The van der Waals surface area contributed by atoms with E-state index in [1.54, 1.807) is 0 Å². The molecule has 3 nitrogen and oxygen atoms in total. The summed E-state index contributed by atoms with van der Waals surface area (Å²) < 4.78 is 37.7. The average Bonchev–Trinajstić information content (AvgIpc) is 2.90. The Morgan fingerprint density at radius 2 is 1.92 bits per heavy atom. The van der Waals surface area contributed by atoms with Crippen LogP contribution in [0.3, 0.4) is 0 Å². The van der Waals surface area contributed by atoms with E-state index in [1.807, 2.05) is 11.8 Å². The lowest BCUT2D eigenvalue weighted by Gasteiger charge is -2.23. The van der Waals surface area contributed by atoms with Crippen molar-refractivity contribution in [3.8, 4) is 0 Å². The quantitative estimate of drug-likeness (QED) is 0.882. The zero-order chi connectivity index (χ0) is 17.3. The first-order valence-electron chi connectivity index (χ1n) is 7.80. The predicted molar refractivity (Wildman–Crippen MR) is 90.1 cm³/mol. The number of likely N-dealkylation sites (tertiary alicyclic amines) is 1. The Labute approximate surface area is 146 Å². The Kier molecular flexibility index (Phi) is 6.70. The van der Waals surface area contributed by atoms with Gasteiger partial charge in [-0.25, -0.2) is 0 Å². The zero-order valence-electron chi connectivity index (χ0n) is 13.9. The van der Waals surface area contributed by atoms with Crippen LogP contribution in [-0.2, 0) is 11.0 Å². The first-order valence-corrected chi connectivity index (χ1v) is 7.80. The molecule has 0 spiro atoms. The number of nitrogens with two attached hydrogens (primary N) is 1. The number of alkyl halides is 3. The van der Waals surface area contributed by atoms with E-state index < -0.39 is 11.7 Å². The fraction of sp³-hybridized carbons (Fsp3) is 0.588. The number of carbonyl (C=O) groups excluding carboxylic acids is 1. The van der Waals surface area contributed by atoms with Crippen molar-refractivity contribution in [2.75, 3.05) is 19.6 Å². The normalized spacial score (nSPS) is 22.2. The maximum Gasteiger partial charge on any atom is 0.416 e. The predicted octanol–water partition coefficient (Wildman–Crippen LogP) is 3.82. The molecule has 1 aliphatic heterocycles. The summed E-state index contributed by atoms with van der Waals surface area (Å²) >= 11 is 0. The third kappa shape index (κ3) is 4.86. The minimum absolute atomic E-state index is 0. The first-order chi connectivity index (χ1) is 10.6. The van der Waals surface area contributed by atoms with Gasteiger partial charge in [0, 0.05) is 19.5 Å². The highest BCUT2D eigenvalue weighted by molar-refractivity contribution is 5.85. The Morgan fingerprint density at radius 1 is 1.33 bits per heavy atom. The van der Waals surface area contributed by atoms with E-state index in [2.05, 4.69) is 6.92 Å². The number of hydrogen-bond donors (Lipinski definition) is 1. The van der Waals surface area contributed by atoms with Crippen LogP contribution in [0.25, 0.3) is 0 Å². The van der Waals surface area contributed by atoms with Crippen molar-refractivity contribution < 1.29 is 18.0 Å². The lowest BCUT2D eigenvalue weighted by molar-refractivity contribution is -0.137. The molecule has 7 heteroatoms. The summed E-state index contributed by atoms with van der Waals surface area (Å²) in [5.41, 5.74) is 5.80. The first kappa shape index (κ1) is 20.8. The van der Waals surface area contributed by atoms with E-state index in [-0.39, 0.29) is 29.6 Å². The molecule has 136 valence electrons. The summed E-state index contributed by atoms with van der Waals surface area (Å²) in [6.07, 6.45) is -3.14. The number of nitrogens with zero attached hydrogens (tertiary/aromatic N) is 1. The third-order valence-corrected chi connectivity index (χ3v) is 4.69. The molecule has 24 heavy (non-hydrogen) atoms. The molecule has 1 amide bonds. The Balaban J connectivity index is 0.00000288. The summed E-state index contributed by atoms with van der Waals surface area (Å²) in [4.78, 5) is 14.2. The topological polar surface area (TPSA) is 46.3 Å². The minimum Gasteiger partial charge on any atom is -0.342 e. The molecular formula is C17H24ClF3N2O. The van der Waals surface area contributed by atoms with Gasteiger partial charge < -0.3 is 10.6 Å². The zero-order valence-corrected chi connectivity index (χ0v) is 14.7. The maximum atomic E-state index is 12.6. The average molecular weight is 365 g/mol. The highest BCUT2D eigenvalue weighted by Crippen LogP contribution is 2.32. The fourth-order valence-corrected chi connectivity index (χ4v) is 2.91. The number of rotatable bonds is 4. The summed E-state index contributed by atoms with van der Waals surface area (Å²) in [5, 5.41) is 0. The van der Waals surface area contributed by atoms with Gasteiger partial charge in [-0.15, -0.1) is 12.4 Å². The van der Waals surface area contributed by atoms with Crippen molar-refractivity contribution in [1.29, 1.82) is 0 Å². The standard InChI is InChI=1S/C17H23F3N2O.ClH/c1-12(13-3-5-14(6-4-13)17(18,19)20)9-15(23)22-8-7-16(2,10-21)11-22;/h3-6,12H,7-11,21H2,1-2H3;1H. The molecular weight excluding hydrogens is 341 g/mol. The summed E-state index contributed by atoms with van der Waals surface area (Å²) in [6, 6.07) is 5.04. The molecule has 1 aromatic carbocycles. The molecule has 1 aliphatic rings. The van der Waals surface area contributed by atoms with E-state index in [0.29, 0.717) is 26.1 Å². The van der Waals surface area contributed by atoms with Crippen LogP contribution in [0.2, 0.25) is 0 Å². The highest BCUT2D eigenvalue weighted by atomic mass is 35.5. The molecule has 1 heterocycles. The number of amides is 1. The second kappa shape index (κ2) is 7.74. The van der Waals surface area contributed by atoms with E-state index in [9.17, 15) is 18.0 Å². The molecule has 2 atom stereocenters. The van der Waals surface area contributed by atoms with Crippen LogP contribution in [0.15, 0.2) is 24.3 Å². The second-order valence-electron chi connectivity index (χ2n) is 6.81. The monoisotopic (exact) mass is 364 g/mol. The van der Waals surface area contributed by atoms with Gasteiger partial charge in [0.1, 0.15) is 0 Å².